The summed E-state index contributed by atoms with van der Waals surface area (Å²) in [6.07, 6.45) is -20.2. The Morgan fingerprint density at radius 3 is 1.09 bits per heavy atom. The molecule has 330 valence electrons. The van der Waals surface area contributed by atoms with E-state index in [1.165, 1.54) is 0 Å². The number of aliphatic hydroxyl groups excluding tert-OH is 20. The minimum atomic E-state index is -1.67. The van der Waals surface area contributed by atoms with E-state index < -0.39 is 130 Å². The van der Waals surface area contributed by atoms with Crippen molar-refractivity contribution in [2.75, 3.05) is 66.1 Å². The fourth-order valence-corrected chi connectivity index (χ4v) is 5.35. The van der Waals surface area contributed by atoms with Gasteiger partial charge in [0.2, 0.25) is 0 Å². The van der Waals surface area contributed by atoms with Crippen LogP contribution < -0.4 is 0 Å². The second-order valence-electron chi connectivity index (χ2n) is 13.0. The van der Waals surface area contributed by atoms with Gasteiger partial charge in [-0.3, -0.25) is 0 Å². The molecule has 0 aromatic carbocycles. The van der Waals surface area contributed by atoms with Gasteiger partial charge in [0.05, 0.1) is 66.1 Å². The molecule has 25 nitrogen and oxygen atoms in total. The summed E-state index contributed by atoms with van der Waals surface area (Å²) >= 11 is 0. The molecule has 5 fully saturated rings. The normalized spacial score (nSPS) is 40.7. The van der Waals surface area contributed by atoms with Crippen molar-refractivity contribution >= 4 is 0 Å². The van der Waals surface area contributed by atoms with Gasteiger partial charge in [-0.05, 0) is 0 Å². The summed E-state index contributed by atoms with van der Waals surface area (Å²) in [4.78, 5) is 0. The number of aliphatic hydroxyl groups is 20. The molecule has 0 bridgehead atoms. The van der Waals surface area contributed by atoms with Gasteiger partial charge in [0.1, 0.15) is 122 Å². The van der Waals surface area contributed by atoms with Crippen molar-refractivity contribution in [1.29, 1.82) is 0 Å². The smallest absolute Gasteiger partial charge is 0.114 e. The van der Waals surface area contributed by atoms with Crippen molar-refractivity contribution < 1.29 is 126 Å². The van der Waals surface area contributed by atoms with Crippen molar-refractivity contribution in [3.05, 3.63) is 0 Å². The van der Waals surface area contributed by atoms with Crippen LogP contribution in [0.25, 0.3) is 0 Å². The molecule has 0 amide bonds. The Bertz CT molecular complexity index is 936. The van der Waals surface area contributed by atoms with E-state index in [4.69, 9.17) is 126 Å². The molecule has 0 radical (unpaired) electrons. The van der Waals surface area contributed by atoms with Gasteiger partial charge >= 0.3 is 0 Å². The molecule has 25 heteroatoms. The summed E-state index contributed by atoms with van der Waals surface area (Å²) in [5, 5.41) is 177. The SMILES string of the molecule is OC1COC2C(O)COC12.OCC(O)C(O)C(O)C(O)CO.OCC(O)C1OCC(O)C1O.OCC1OC(CO)C(O)C1O.OCC1OCC(O)C(O)C1O. The highest BCUT2D eigenvalue weighted by atomic mass is 16.6. The minimum absolute atomic E-state index is 0.00287. The van der Waals surface area contributed by atoms with Crippen LogP contribution in [-0.2, 0) is 23.7 Å². The number of ether oxygens (including phenoxy) is 5. The van der Waals surface area contributed by atoms with Crippen LogP contribution in [0.2, 0.25) is 0 Å². The zero-order valence-corrected chi connectivity index (χ0v) is 29.6. The number of hydrogen-bond donors (Lipinski definition) is 20. The van der Waals surface area contributed by atoms with Gasteiger partial charge in [0, 0.05) is 0 Å². The molecule has 0 aromatic heterocycles. The third-order valence-electron chi connectivity index (χ3n) is 8.88. The lowest BCUT2D eigenvalue weighted by Crippen LogP contribution is -2.53. The van der Waals surface area contributed by atoms with Crippen LogP contribution in [0.4, 0.5) is 0 Å². The second-order valence-corrected chi connectivity index (χ2v) is 13.0. The molecule has 20 N–H and O–H groups in total. The first-order chi connectivity index (χ1) is 25.9. The van der Waals surface area contributed by atoms with Crippen molar-refractivity contribution in [1.82, 2.24) is 0 Å². The lowest BCUT2D eigenvalue weighted by molar-refractivity contribution is -0.195. The van der Waals surface area contributed by atoms with Gasteiger partial charge in [-0.15, -0.1) is 0 Å². The van der Waals surface area contributed by atoms with Crippen molar-refractivity contribution in [3.8, 4) is 0 Å². The Balaban J connectivity index is 0.000000344. The monoisotopic (exact) mass is 820 g/mol. The fourth-order valence-electron chi connectivity index (χ4n) is 5.35. The lowest BCUT2D eigenvalue weighted by Gasteiger charge is -2.34. The van der Waals surface area contributed by atoms with Gasteiger partial charge in [-0.1, -0.05) is 0 Å². The van der Waals surface area contributed by atoms with Crippen molar-refractivity contribution in [3.63, 3.8) is 0 Å². The van der Waals surface area contributed by atoms with Gasteiger partial charge in [-0.25, -0.2) is 0 Å². The summed E-state index contributed by atoms with van der Waals surface area (Å²) in [6, 6.07) is 0. The first kappa shape index (κ1) is 52.0. The van der Waals surface area contributed by atoms with Gasteiger partial charge in [-0.2, -0.15) is 0 Å². The minimum Gasteiger partial charge on any atom is -0.394 e. The molecule has 0 aromatic rings. The lowest BCUT2D eigenvalue weighted by atomic mass is 10.0. The maximum Gasteiger partial charge on any atom is 0.114 e. The highest BCUT2D eigenvalue weighted by molar-refractivity contribution is 4.94. The van der Waals surface area contributed by atoms with E-state index in [0.717, 1.165) is 0 Å². The molecule has 5 saturated heterocycles. The first-order valence-electron chi connectivity index (χ1n) is 17.2. The van der Waals surface area contributed by atoms with E-state index in [1.54, 1.807) is 0 Å². The summed E-state index contributed by atoms with van der Waals surface area (Å²) in [5.74, 6) is 0. The molecule has 0 saturated carbocycles. The van der Waals surface area contributed by atoms with Crippen LogP contribution in [0, 0.1) is 0 Å². The van der Waals surface area contributed by atoms with Crippen LogP contribution in [-0.4, -0.2) is 290 Å². The molecular weight excluding hydrogens is 760 g/mol. The maximum atomic E-state index is 9.16. The molecule has 20 unspecified atom stereocenters. The highest BCUT2D eigenvalue weighted by Crippen LogP contribution is 2.26. The molecule has 20 atom stereocenters. The largest absolute Gasteiger partial charge is 0.394 e. The van der Waals surface area contributed by atoms with E-state index in [1.807, 2.05) is 0 Å². The average Bonchev–Trinajstić information content (AvgIpc) is 3.94. The maximum absolute atomic E-state index is 9.16. The van der Waals surface area contributed by atoms with E-state index >= 15 is 0 Å². The molecule has 0 spiro atoms. The Morgan fingerprint density at radius 2 is 0.764 bits per heavy atom. The quantitative estimate of drug-likeness (QED) is 0.0972. The van der Waals surface area contributed by atoms with Crippen LogP contribution in [0.1, 0.15) is 0 Å². The third-order valence-corrected chi connectivity index (χ3v) is 8.88. The second kappa shape index (κ2) is 26.2. The average molecular weight is 821 g/mol. The van der Waals surface area contributed by atoms with Crippen LogP contribution in [0.5, 0.6) is 0 Å². The fraction of sp³-hybridized carbons (Fsp3) is 1.00. The number of fused-ring (bicyclic) bond motifs is 1. The zero-order valence-electron chi connectivity index (χ0n) is 29.6. The zero-order chi connectivity index (χ0) is 42.2. The molecule has 5 rings (SSSR count). The molecule has 5 heterocycles. The summed E-state index contributed by atoms with van der Waals surface area (Å²) in [7, 11) is 0. The van der Waals surface area contributed by atoms with Gasteiger partial charge in [0.25, 0.3) is 0 Å². The van der Waals surface area contributed by atoms with E-state index in [-0.39, 0.29) is 58.5 Å². The van der Waals surface area contributed by atoms with Crippen LogP contribution in [0.15, 0.2) is 0 Å². The Kier molecular flexibility index (Phi) is 24.8. The standard InChI is InChI=1S/C6H14O6.3C6H12O5.C6H10O4/c7-1-3(9)5(11)6(12)4(10)2-8;7-1-4-6(10)5(9)3(8)2-11-4;7-1-3(8)6-5(10)4(9)2-11-6;7-1-3-5(9)6(10)4(2-8)11-3;7-3-1-9-6-4(8)2-10-5(3)6/h3-12H,1-2H2;3*3-10H,1-2H2;3-8H,1-2H2. The highest BCUT2D eigenvalue weighted by Gasteiger charge is 2.46. The molecule has 0 aliphatic carbocycles. The number of hydrogen-bond acceptors (Lipinski definition) is 25. The van der Waals surface area contributed by atoms with Gasteiger partial charge in [0.15, 0.2) is 0 Å². The van der Waals surface area contributed by atoms with E-state index in [9.17, 15) is 0 Å². The Labute approximate surface area is 314 Å². The van der Waals surface area contributed by atoms with E-state index in [0.29, 0.717) is 0 Å². The van der Waals surface area contributed by atoms with Crippen LogP contribution in [0.3, 0.4) is 0 Å². The van der Waals surface area contributed by atoms with E-state index in [2.05, 4.69) is 0 Å². The Hall–Kier alpha value is -1.00. The summed E-state index contributed by atoms with van der Waals surface area (Å²) < 4.78 is 24.7. The number of rotatable bonds is 10. The van der Waals surface area contributed by atoms with Crippen molar-refractivity contribution in [2.24, 2.45) is 0 Å². The summed E-state index contributed by atoms with van der Waals surface area (Å²) in [5.41, 5.74) is 0. The van der Waals surface area contributed by atoms with Gasteiger partial charge < -0.3 is 126 Å². The Morgan fingerprint density at radius 1 is 0.400 bits per heavy atom. The molecular formula is C30H60O25. The molecule has 5 aliphatic heterocycles. The third kappa shape index (κ3) is 15.3. The molecule has 5 aliphatic rings. The first-order valence-corrected chi connectivity index (χ1v) is 17.2. The predicted molar refractivity (Wildman–Crippen MR) is 174 cm³/mol. The summed E-state index contributed by atoms with van der Waals surface area (Å²) in [6.45, 7) is -2.47. The predicted octanol–water partition coefficient (Wildman–Crippen LogP) is -12.7. The van der Waals surface area contributed by atoms with Crippen molar-refractivity contribution in [2.45, 2.75) is 122 Å². The topological polar surface area (TPSA) is 451 Å². The van der Waals surface area contributed by atoms with Crippen LogP contribution >= 0.6 is 0 Å². The molecule has 55 heavy (non-hydrogen) atoms.